The number of methoxy groups -OCH3 is 2. The summed E-state index contributed by atoms with van der Waals surface area (Å²) < 4.78 is 12.1. The molecule has 0 unspecified atom stereocenters. The lowest BCUT2D eigenvalue weighted by molar-refractivity contribution is 0.0944. The summed E-state index contributed by atoms with van der Waals surface area (Å²) in [5.41, 5.74) is 1.89. The zero-order chi connectivity index (χ0) is 18.4. The third-order valence-corrected chi connectivity index (χ3v) is 3.83. The minimum atomic E-state index is -0.270. The number of carbonyl (C=O) groups is 1. The number of carbonyl (C=O) groups excluding carboxylic acids is 1. The summed E-state index contributed by atoms with van der Waals surface area (Å²) in [7, 11) is 3.23. The fourth-order valence-electron chi connectivity index (χ4n) is 2.42. The van der Waals surface area contributed by atoms with Gasteiger partial charge in [0.25, 0.3) is 5.91 Å². The molecule has 3 aromatic rings. The average molecular weight is 356 g/mol. The van der Waals surface area contributed by atoms with Crippen LogP contribution in [0, 0.1) is 0 Å². The van der Waals surface area contributed by atoms with Crippen molar-refractivity contribution < 1.29 is 14.3 Å². The van der Waals surface area contributed by atoms with Crippen LogP contribution < -0.4 is 10.1 Å². The SMILES string of the molecule is COCCn1cnnc1CNC(=O)c1cc(-c2cccc(OC)c2)n[nH]1. The molecular weight excluding hydrogens is 336 g/mol. The molecule has 0 aliphatic carbocycles. The molecule has 2 aromatic heterocycles. The molecule has 0 saturated carbocycles. The summed E-state index contributed by atoms with van der Waals surface area (Å²) in [5, 5.41) is 17.6. The molecule has 9 nitrogen and oxygen atoms in total. The standard InChI is InChI=1S/C17H20N6O3/c1-25-7-6-23-11-19-22-16(23)10-18-17(24)15-9-14(20-21-15)12-4-3-5-13(8-12)26-2/h3-5,8-9,11H,6-7,10H2,1-2H3,(H,18,24)(H,20,21). The van der Waals surface area contributed by atoms with E-state index in [1.807, 2.05) is 28.8 Å². The lowest BCUT2D eigenvalue weighted by atomic mass is 10.1. The maximum atomic E-state index is 12.3. The molecule has 0 radical (unpaired) electrons. The van der Waals surface area contributed by atoms with Crippen molar-refractivity contribution in [1.82, 2.24) is 30.3 Å². The fourth-order valence-corrected chi connectivity index (χ4v) is 2.42. The molecule has 0 fully saturated rings. The highest BCUT2D eigenvalue weighted by Gasteiger charge is 2.13. The van der Waals surface area contributed by atoms with E-state index in [4.69, 9.17) is 9.47 Å². The van der Waals surface area contributed by atoms with Crippen LogP contribution in [-0.4, -0.2) is 51.7 Å². The Morgan fingerprint density at radius 1 is 1.31 bits per heavy atom. The van der Waals surface area contributed by atoms with Crippen molar-refractivity contribution in [3.63, 3.8) is 0 Å². The van der Waals surface area contributed by atoms with E-state index in [2.05, 4.69) is 25.7 Å². The number of hydrogen-bond acceptors (Lipinski definition) is 6. The zero-order valence-corrected chi connectivity index (χ0v) is 14.6. The van der Waals surface area contributed by atoms with E-state index in [1.165, 1.54) is 0 Å². The van der Waals surface area contributed by atoms with E-state index in [0.717, 1.165) is 11.3 Å². The average Bonchev–Trinajstić information content (AvgIpc) is 3.34. The number of amides is 1. The Morgan fingerprint density at radius 2 is 2.19 bits per heavy atom. The number of nitrogens with one attached hydrogen (secondary N) is 2. The van der Waals surface area contributed by atoms with Crippen LogP contribution in [0.2, 0.25) is 0 Å². The molecule has 0 spiro atoms. The van der Waals surface area contributed by atoms with Crippen molar-refractivity contribution in [2.75, 3.05) is 20.8 Å². The molecule has 136 valence electrons. The molecule has 0 atom stereocenters. The van der Waals surface area contributed by atoms with Gasteiger partial charge in [-0.15, -0.1) is 10.2 Å². The molecule has 9 heteroatoms. The minimum absolute atomic E-state index is 0.260. The molecule has 3 rings (SSSR count). The highest BCUT2D eigenvalue weighted by molar-refractivity contribution is 5.93. The fraction of sp³-hybridized carbons (Fsp3) is 0.294. The number of hydrogen-bond donors (Lipinski definition) is 2. The van der Waals surface area contributed by atoms with E-state index >= 15 is 0 Å². The number of aromatic nitrogens is 5. The quantitative estimate of drug-likeness (QED) is 0.629. The maximum Gasteiger partial charge on any atom is 0.269 e. The van der Waals surface area contributed by atoms with Gasteiger partial charge < -0.3 is 19.4 Å². The first kappa shape index (κ1) is 17.6. The van der Waals surface area contributed by atoms with Gasteiger partial charge in [0.1, 0.15) is 17.8 Å². The molecule has 2 heterocycles. The van der Waals surface area contributed by atoms with Crippen LogP contribution in [0.15, 0.2) is 36.7 Å². The molecule has 0 saturated heterocycles. The Balaban J connectivity index is 1.64. The van der Waals surface area contributed by atoms with E-state index < -0.39 is 0 Å². The van der Waals surface area contributed by atoms with Crippen LogP contribution in [0.4, 0.5) is 0 Å². The van der Waals surface area contributed by atoms with E-state index in [1.54, 1.807) is 26.6 Å². The number of benzene rings is 1. The summed E-state index contributed by atoms with van der Waals surface area (Å²) in [6.45, 7) is 1.43. The molecule has 0 aliphatic heterocycles. The second-order valence-corrected chi connectivity index (χ2v) is 5.51. The minimum Gasteiger partial charge on any atom is -0.497 e. The van der Waals surface area contributed by atoms with Gasteiger partial charge in [0, 0.05) is 19.2 Å². The van der Waals surface area contributed by atoms with Crippen molar-refractivity contribution in [3.05, 3.63) is 48.2 Å². The number of aromatic amines is 1. The Kier molecular flexibility index (Phi) is 5.59. The normalized spacial score (nSPS) is 10.7. The third kappa shape index (κ3) is 4.06. The van der Waals surface area contributed by atoms with E-state index in [9.17, 15) is 4.79 Å². The van der Waals surface area contributed by atoms with Crippen LogP contribution in [0.3, 0.4) is 0 Å². The first-order valence-electron chi connectivity index (χ1n) is 8.05. The largest absolute Gasteiger partial charge is 0.497 e. The van der Waals surface area contributed by atoms with Crippen LogP contribution in [0.25, 0.3) is 11.3 Å². The number of rotatable bonds is 8. The highest BCUT2D eigenvalue weighted by Crippen LogP contribution is 2.22. The van der Waals surface area contributed by atoms with Crippen LogP contribution in [0.5, 0.6) is 5.75 Å². The monoisotopic (exact) mass is 356 g/mol. The van der Waals surface area contributed by atoms with Crippen LogP contribution >= 0.6 is 0 Å². The van der Waals surface area contributed by atoms with E-state index in [0.29, 0.717) is 30.4 Å². The Labute approximate surface area is 150 Å². The summed E-state index contributed by atoms with van der Waals surface area (Å²) in [6.07, 6.45) is 1.61. The van der Waals surface area contributed by atoms with Crippen LogP contribution in [0.1, 0.15) is 16.3 Å². The topological polar surface area (TPSA) is 107 Å². The van der Waals surface area contributed by atoms with Gasteiger partial charge in [0.2, 0.25) is 0 Å². The molecule has 1 amide bonds. The summed E-state index contributed by atoms with van der Waals surface area (Å²) in [6, 6.07) is 9.17. The van der Waals surface area contributed by atoms with Gasteiger partial charge in [-0.1, -0.05) is 12.1 Å². The predicted octanol–water partition coefficient (Wildman–Crippen LogP) is 1.25. The van der Waals surface area contributed by atoms with Crippen molar-refractivity contribution >= 4 is 5.91 Å². The molecule has 1 aromatic carbocycles. The Morgan fingerprint density at radius 3 is 3.00 bits per heavy atom. The van der Waals surface area contributed by atoms with E-state index in [-0.39, 0.29) is 12.5 Å². The van der Waals surface area contributed by atoms with Gasteiger partial charge in [-0.2, -0.15) is 5.10 Å². The number of H-pyrrole nitrogens is 1. The first-order chi connectivity index (χ1) is 12.7. The summed E-state index contributed by atoms with van der Waals surface area (Å²) >= 11 is 0. The molecule has 2 N–H and O–H groups in total. The molecule has 26 heavy (non-hydrogen) atoms. The van der Waals surface area contributed by atoms with Gasteiger partial charge in [0.15, 0.2) is 5.82 Å². The van der Waals surface area contributed by atoms with Gasteiger partial charge in [0.05, 0.1) is 26.0 Å². The lowest BCUT2D eigenvalue weighted by Gasteiger charge is -2.06. The smallest absolute Gasteiger partial charge is 0.269 e. The second-order valence-electron chi connectivity index (χ2n) is 5.51. The highest BCUT2D eigenvalue weighted by atomic mass is 16.5. The predicted molar refractivity (Wildman–Crippen MR) is 93.6 cm³/mol. The van der Waals surface area contributed by atoms with Gasteiger partial charge in [-0.25, -0.2) is 0 Å². The Bertz CT molecular complexity index is 873. The zero-order valence-electron chi connectivity index (χ0n) is 14.6. The van der Waals surface area contributed by atoms with Gasteiger partial charge >= 0.3 is 0 Å². The summed E-state index contributed by atoms with van der Waals surface area (Å²) in [5.74, 6) is 1.11. The summed E-state index contributed by atoms with van der Waals surface area (Å²) in [4.78, 5) is 12.3. The Hall–Kier alpha value is -3.20. The molecule has 0 aliphatic rings. The van der Waals surface area contributed by atoms with Crippen molar-refractivity contribution in [2.45, 2.75) is 13.1 Å². The number of nitrogens with zero attached hydrogens (tertiary/aromatic N) is 4. The lowest BCUT2D eigenvalue weighted by Crippen LogP contribution is -2.25. The second kappa shape index (κ2) is 8.26. The third-order valence-electron chi connectivity index (χ3n) is 3.83. The van der Waals surface area contributed by atoms with Gasteiger partial charge in [-0.05, 0) is 18.2 Å². The number of ether oxygens (including phenoxy) is 2. The maximum absolute atomic E-state index is 12.3. The van der Waals surface area contributed by atoms with Crippen molar-refractivity contribution in [1.29, 1.82) is 0 Å². The van der Waals surface area contributed by atoms with Crippen LogP contribution in [-0.2, 0) is 17.8 Å². The molecule has 0 bridgehead atoms. The van der Waals surface area contributed by atoms with Gasteiger partial charge in [-0.3, -0.25) is 9.89 Å². The molecular formula is C17H20N6O3. The van der Waals surface area contributed by atoms with Crippen molar-refractivity contribution in [3.8, 4) is 17.0 Å². The first-order valence-corrected chi connectivity index (χ1v) is 8.05. The van der Waals surface area contributed by atoms with Crippen molar-refractivity contribution in [2.24, 2.45) is 0 Å².